The van der Waals surface area contributed by atoms with Gasteiger partial charge in [-0.25, -0.2) is 8.42 Å². The molecule has 2 aliphatic rings. The molecule has 1 saturated heterocycles. The lowest BCUT2D eigenvalue weighted by molar-refractivity contribution is 0.159. The van der Waals surface area contributed by atoms with E-state index >= 15 is 0 Å². The topological polar surface area (TPSA) is 62.7 Å². The van der Waals surface area contributed by atoms with Gasteiger partial charge in [-0.05, 0) is 58.0 Å². The van der Waals surface area contributed by atoms with E-state index in [1.54, 1.807) is 10.5 Å². The molecule has 1 fully saturated rings. The summed E-state index contributed by atoms with van der Waals surface area (Å²) in [5.74, 6) is 0.869. The van der Waals surface area contributed by atoms with Crippen LogP contribution >= 0.6 is 0 Å². The summed E-state index contributed by atoms with van der Waals surface area (Å²) in [6.45, 7) is 3.92. The van der Waals surface area contributed by atoms with Crippen LogP contribution in [0.5, 0.6) is 5.75 Å². The number of hydrogen-bond donors (Lipinski definition) is 0. The maximum Gasteiger partial charge on any atom is 0.211 e. The molecule has 0 radical (unpaired) electrons. The third-order valence-corrected chi connectivity index (χ3v) is 7.87. The molecule has 0 saturated carbocycles. The summed E-state index contributed by atoms with van der Waals surface area (Å²) in [4.78, 5) is 6.60. The molecule has 0 atom stereocenters. The molecule has 0 unspecified atom stereocenters. The summed E-state index contributed by atoms with van der Waals surface area (Å²) in [5, 5.41) is 0. The molecule has 1 aliphatic heterocycles. The molecule has 2 aromatic carbocycles. The van der Waals surface area contributed by atoms with Gasteiger partial charge in [-0.15, -0.1) is 0 Å². The van der Waals surface area contributed by atoms with Gasteiger partial charge in [0.05, 0.1) is 6.26 Å². The van der Waals surface area contributed by atoms with Crippen molar-refractivity contribution in [3.63, 3.8) is 0 Å². The Balaban J connectivity index is 1.28. The molecule has 0 spiro atoms. The number of piperazine rings is 1. The highest BCUT2D eigenvalue weighted by Crippen LogP contribution is 2.43. The predicted octanol–water partition coefficient (Wildman–Crippen LogP) is 3.55. The molecule has 34 heavy (non-hydrogen) atoms. The third kappa shape index (κ3) is 4.92. The summed E-state index contributed by atoms with van der Waals surface area (Å²) >= 11 is 0. The molecule has 1 aromatic heterocycles. The standard InChI is InChI=1S/C27H29N3O3S/c1-34(31,32)30-14-12-29(13-15-30)16-17-33-24-9-10-25-23(18-24)19-26(22-8-5-11-28-20-22)27(25)21-6-3-2-4-7-21/h2-11,18,20H,12-17,19H2,1H3. The molecule has 3 aromatic rings. The minimum atomic E-state index is -3.10. The van der Waals surface area contributed by atoms with E-state index in [2.05, 4.69) is 58.4 Å². The Hall–Kier alpha value is -3.00. The van der Waals surface area contributed by atoms with Gasteiger partial charge in [0.1, 0.15) is 12.4 Å². The zero-order valence-corrected chi connectivity index (χ0v) is 20.2. The van der Waals surface area contributed by atoms with Crippen molar-refractivity contribution in [3.05, 3.63) is 95.3 Å². The minimum absolute atomic E-state index is 0.544. The summed E-state index contributed by atoms with van der Waals surface area (Å²) in [5.41, 5.74) is 7.41. The number of pyridine rings is 1. The van der Waals surface area contributed by atoms with Crippen molar-refractivity contribution in [3.8, 4) is 5.75 Å². The molecule has 0 amide bonds. The fraction of sp³-hybridized carbons (Fsp3) is 0.296. The van der Waals surface area contributed by atoms with Gasteiger partial charge in [-0.3, -0.25) is 9.88 Å². The Morgan fingerprint density at radius 1 is 0.941 bits per heavy atom. The number of ether oxygens (including phenoxy) is 1. The first-order chi connectivity index (χ1) is 16.5. The second-order valence-electron chi connectivity index (χ2n) is 8.81. The smallest absolute Gasteiger partial charge is 0.211 e. The second-order valence-corrected chi connectivity index (χ2v) is 10.8. The molecule has 2 heterocycles. The van der Waals surface area contributed by atoms with Crippen LogP contribution in [0, 0.1) is 0 Å². The lowest BCUT2D eigenvalue weighted by Gasteiger charge is -2.33. The summed E-state index contributed by atoms with van der Waals surface area (Å²) < 4.78 is 31.0. The molecule has 7 heteroatoms. The van der Waals surface area contributed by atoms with E-state index in [0.29, 0.717) is 19.7 Å². The third-order valence-electron chi connectivity index (χ3n) is 6.56. The summed E-state index contributed by atoms with van der Waals surface area (Å²) in [7, 11) is -3.10. The maximum absolute atomic E-state index is 11.7. The lowest BCUT2D eigenvalue weighted by Crippen LogP contribution is -2.49. The summed E-state index contributed by atoms with van der Waals surface area (Å²) in [6.07, 6.45) is 5.86. The Bertz CT molecular complexity index is 1280. The molecular weight excluding hydrogens is 446 g/mol. The van der Waals surface area contributed by atoms with Gasteiger partial charge in [-0.1, -0.05) is 42.5 Å². The van der Waals surface area contributed by atoms with Gasteiger partial charge in [0, 0.05) is 45.1 Å². The minimum Gasteiger partial charge on any atom is -0.492 e. The quantitative estimate of drug-likeness (QED) is 0.523. The van der Waals surface area contributed by atoms with E-state index in [1.165, 1.54) is 34.1 Å². The number of sulfonamides is 1. The van der Waals surface area contributed by atoms with E-state index in [4.69, 9.17) is 4.74 Å². The number of aromatic nitrogens is 1. The van der Waals surface area contributed by atoms with Gasteiger partial charge in [0.25, 0.3) is 0 Å². The van der Waals surface area contributed by atoms with E-state index in [0.717, 1.165) is 37.4 Å². The van der Waals surface area contributed by atoms with Crippen molar-refractivity contribution < 1.29 is 13.2 Å². The predicted molar refractivity (Wildman–Crippen MR) is 135 cm³/mol. The fourth-order valence-electron chi connectivity index (χ4n) is 4.79. The number of rotatable bonds is 7. The van der Waals surface area contributed by atoms with Crippen LogP contribution in [-0.2, 0) is 16.4 Å². The summed E-state index contributed by atoms with van der Waals surface area (Å²) in [6, 6.07) is 21.0. The fourth-order valence-corrected chi connectivity index (χ4v) is 5.62. The highest BCUT2D eigenvalue weighted by Gasteiger charge is 2.25. The van der Waals surface area contributed by atoms with E-state index in [-0.39, 0.29) is 0 Å². The van der Waals surface area contributed by atoms with Crippen molar-refractivity contribution in [2.24, 2.45) is 0 Å². The monoisotopic (exact) mass is 475 g/mol. The largest absolute Gasteiger partial charge is 0.492 e. The highest BCUT2D eigenvalue weighted by atomic mass is 32.2. The average Bonchev–Trinajstić information content (AvgIpc) is 3.24. The van der Waals surface area contributed by atoms with Crippen molar-refractivity contribution in [2.45, 2.75) is 6.42 Å². The van der Waals surface area contributed by atoms with Crippen molar-refractivity contribution in [1.29, 1.82) is 0 Å². The number of benzene rings is 2. The van der Waals surface area contributed by atoms with Crippen molar-refractivity contribution in [2.75, 3.05) is 45.6 Å². The van der Waals surface area contributed by atoms with Crippen molar-refractivity contribution >= 4 is 21.2 Å². The molecule has 176 valence electrons. The van der Waals surface area contributed by atoms with Crippen LogP contribution in [0.25, 0.3) is 11.1 Å². The van der Waals surface area contributed by atoms with Crippen molar-refractivity contribution in [1.82, 2.24) is 14.2 Å². The maximum atomic E-state index is 11.7. The zero-order chi connectivity index (χ0) is 23.5. The molecule has 0 bridgehead atoms. The first kappa shape index (κ1) is 22.8. The van der Waals surface area contributed by atoms with Gasteiger partial charge in [-0.2, -0.15) is 4.31 Å². The van der Waals surface area contributed by atoms with E-state index < -0.39 is 10.0 Å². The van der Waals surface area contributed by atoms with Crippen LogP contribution in [-0.4, -0.2) is 68.2 Å². The van der Waals surface area contributed by atoms with Gasteiger partial charge in [0.15, 0.2) is 0 Å². The van der Waals surface area contributed by atoms with Crippen LogP contribution in [0.2, 0.25) is 0 Å². The Labute approximate surface area is 201 Å². The Morgan fingerprint density at radius 3 is 2.41 bits per heavy atom. The molecular formula is C27H29N3O3S. The van der Waals surface area contributed by atoms with Crippen LogP contribution in [0.4, 0.5) is 0 Å². The van der Waals surface area contributed by atoms with E-state index in [9.17, 15) is 8.42 Å². The first-order valence-corrected chi connectivity index (χ1v) is 13.5. The van der Waals surface area contributed by atoms with E-state index in [1.807, 2.05) is 18.3 Å². The normalized spacial score (nSPS) is 17.1. The zero-order valence-electron chi connectivity index (χ0n) is 19.4. The van der Waals surface area contributed by atoms with Crippen LogP contribution in [0.1, 0.15) is 22.3 Å². The first-order valence-electron chi connectivity index (χ1n) is 11.6. The number of fused-ring (bicyclic) bond motifs is 1. The second kappa shape index (κ2) is 9.70. The molecule has 0 N–H and O–H groups in total. The highest BCUT2D eigenvalue weighted by molar-refractivity contribution is 7.88. The Morgan fingerprint density at radius 2 is 1.71 bits per heavy atom. The number of hydrogen-bond acceptors (Lipinski definition) is 5. The van der Waals surface area contributed by atoms with Crippen LogP contribution < -0.4 is 4.74 Å². The Kier molecular flexibility index (Phi) is 6.50. The van der Waals surface area contributed by atoms with Gasteiger partial charge < -0.3 is 4.74 Å². The van der Waals surface area contributed by atoms with Crippen LogP contribution in [0.3, 0.4) is 0 Å². The SMILES string of the molecule is CS(=O)(=O)N1CCN(CCOc2ccc3c(c2)CC(c2cccnc2)=C3c2ccccc2)CC1. The number of nitrogens with zero attached hydrogens (tertiary/aromatic N) is 3. The molecule has 5 rings (SSSR count). The average molecular weight is 476 g/mol. The molecule has 1 aliphatic carbocycles. The van der Waals surface area contributed by atoms with Gasteiger partial charge >= 0.3 is 0 Å². The van der Waals surface area contributed by atoms with Crippen LogP contribution in [0.15, 0.2) is 73.1 Å². The lowest BCUT2D eigenvalue weighted by atomic mass is 9.95. The van der Waals surface area contributed by atoms with Gasteiger partial charge in [0.2, 0.25) is 10.0 Å². The molecule has 6 nitrogen and oxygen atoms in total. The number of allylic oxidation sites excluding steroid dienone is 1.